The van der Waals surface area contributed by atoms with Crippen molar-refractivity contribution in [3.63, 3.8) is 0 Å². The van der Waals surface area contributed by atoms with Gasteiger partial charge in [-0.3, -0.25) is 4.79 Å². The zero-order valence-corrected chi connectivity index (χ0v) is 18.5. The van der Waals surface area contributed by atoms with Crippen molar-refractivity contribution in [1.82, 2.24) is 14.7 Å². The van der Waals surface area contributed by atoms with Gasteiger partial charge in [-0.05, 0) is 44.4 Å². The molecule has 0 unspecified atom stereocenters. The molecule has 3 aromatic rings. The van der Waals surface area contributed by atoms with E-state index in [1.54, 1.807) is 37.3 Å². The number of ether oxygens (including phenoxy) is 1. The van der Waals surface area contributed by atoms with E-state index in [0.29, 0.717) is 11.3 Å². The number of carbonyl (C=O) groups is 2. The summed E-state index contributed by atoms with van der Waals surface area (Å²) in [7, 11) is 0. The second-order valence-electron chi connectivity index (χ2n) is 6.76. The van der Waals surface area contributed by atoms with Gasteiger partial charge in [0, 0.05) is 33.7 Å². The van der Waals surface area contributed by atoms with Gasteiger partial charge in [0.1, 0.15) is 5.56 Å². The van der Waals surface area contributed by atoms with E-state index in [1.807, 2.05) is 29.3 Å². The monoisotopic (exact) mass is 443 g/mol. The van der Waals surface area contributed by atoms with Crippen molar-refractivity contribution >= 4 is 35.3 Å². The number of esters is 1. The first-order valence-electron chi connectivity index (χ1n) is 9.55. The van der Waals surface area contributed by atoms with Crippen molar-refractivity contribution in [3.8, 4) is 5.69 Å². The van der Waals surface area contributed by atoms with Crippen LogP contribution >= 0.6 is 23.5 Å². The Morgan fingerprint density at radius 1 is 1.23 bits per heavy atom. The third-order valence-corrected chi connectivity index (χ3v) is 6.67. The highest BCUT2D eigenvalue weighted by molar-refractivity contribution is 8.01. The number of rotatable bonds is 8. The zero-order valence-electron chi connectivity index (χ0n) is 16.9. The fourth-order valence-electron chi connectivity index (χ4n) is 3.36. The first-order chi connectivity index (χ1) is 14.6. The summed E-state index contributed by atoms with van der Waals surface area (Å²) in [5.74, 6) is -0.289. The quantitative estimate of drug-likeness (QED) is 0.284. The van der Waals surface area contributed by atoms with Gasteiger partial charge in [0.25, 0.3) is 0 Å². The largest absolute Gasteiger partial charge is 0.461 e. The van der Waals surface area contributed by atoms with E-state index < -0.39 is 5.97 Å². The lowest BCUT2D eigenvalue weighted by molar-refractivity contribution is 0.0512. The van der Waals surface area contributed by atoms with Crippen LogP contribution in [0.25, 0.3) is 5.69 Å². The van der Waals surface area contributed by atoms with Crippen molar-refractivity contribution in [3.05, 3.63) is 53.4 Å². The molecular weight excluding hydrogens is 422 g/mol. The number of hydrogen-bond donors (Lipinski definition) is 0. The van der Waals surface area contributed by atoms with E-state index in [9.17, 15) is 9.59 Å². The van der Waals surface area contributed by atoms with E-state index in [-0.39, 0.29) is 29.6 Å². The fraction of sp³-hybridized carbons (Fsp3) is 0.333. The highest BCUT2D eigenvalue weighted by Gasteiger charge is 2.38. The normalized spacial score (nSPS) is 13.4. The van der Waals surface area contributed by atoms with Crippen LogP contribution in [0.5, 0.6) is 0 Å². The van der Waals surface area contributed by atoms with Crippen molar-refractivity contribution in [2.24, 2.45) is 0 Å². The lowest BCUT2D eigenvalue weighted by Gasteiger charge is -2.16. The summed E-state index contributed by atoms with van der Waals surface area (Å²) in [5.41, 5.74) is 1.65. The van der Waals surface area contributed by atoms with Gasteiger partial charge < -0.3 is 13.8 Å². The maximum Gasteiger partial charge on any atom is 0.361 e. The summed E-state index contributed by atoms with van der Waals surface area (Å²) in [4.78, 5) is 32.0. The van der Waals surface area contributed by atoms with Crippen molar-refractivity contribution in [1.29, 1.82) is 0 Å². The third-order valence-electron chi connectivity index (χ3n) is 4.89. The summed E-state index contributed by atoms with van der Waals surface area (Å²) in [5, 5.41) is 3.90. The highest BCUT2D eigenvalue weighted by atomic mass is 32.2. The van der Waals surface area contributed by atoms with E-state index in [4.69, 9.17) is 9.26 Å². The summed E-state index contributed by atoms with van der Waals surface area (Å²) < 4.78 is 12.5. The van der Waals surface area contributed by atoms with Crippen molar-refractivity contribution < 1.29 is 18.8 Å². The van der Waals surface area contributed by atoms with Crippen LogP contribution in [0.4, 0.5) is 0 Å². The SMILES string of the molecule is CCOC(=O)c1noc(C2CC2)c1C(=O)c1ccc(-n2ccnc2)c(SC)c1SC. The molecule has 0 atom stereocenters. The molecule has 0 aliphatic heterocycles. The molecular formula is C21H21N3O4S2. The molecule has 1 saturated carbocycles. The molecule has 2 heterocycles. The second-order valence-corrected chi connectivity index (χ2v) is 8.40. The van der Waals surface area contributed by atoms with Gasteiger partial charge in [-0.1, -0.05) is 5.16 Å². The number of ketones is 1. The molecule has 0 N–H and O–H groups in total. The molecule has 156 valence electrons. The summed E-state index contributed by atoms with van der Waals surface area (Å²) in [6, 6.07) is 3.69. The Morgan fingerprint density at radius 2 is 2.00 bits per heavy atom. The summed E-state index contributed by atoms with van der Waals surface area (Å²) >= 11 is 3.06. The van der Waals surface area contributed by atoms with E-state index in [2.05, 4.69) is 10.1 Å². The number of nitrogens with zero attached hydrogens (tertiary/aromatic N) is 3. The van der Waals surface area contributed by atoms with E-state index in [0.717, 1.165) is 28.3 Å². The molecule has 0 bridgehead atoms. The minimum Gasteiger partial charge on any atom is -0.461 e. The van der Waals surface area contributed by atoms with Gasteiger partial charge in [-0.15, -0.1) is 23.5 Å². The Balaban J connectivity index is 1.84. The summed E-state index contributed by atoms with van der Waals surface area (Å²) in [6.45, 7) is 1.91. The Kier molecular flexibility index (Phi) is 6.01. The Labute approximate surface area is 182 Å². The maximum absolute atomic E-state index is 13.7. The van der Waals surface area contributed by atoms with Crippen LogP contribution in [0, 0.1) is 0 Å². The minimum absolute atomic E-state index is 0.0415. The van der Waals surface area contributed by atoms with Gasteiger partial charge in [0.05, 0.1) is 18.6 Å². The van der Waals surface area contributed by atoms with Crippen LogP contribution in [0.3, 0.4) is 0 Å². The van der Waals surface area contributed by atoms with Crippen molar-refractivity contribution in [2.45, 2.75) is 35.5 Å². The second kappa shape index (κ2) is 8.69. The van der Waals surface area contributed by atoms with Crippen molar-refractivity contribution in [2.75, 3.05) is 19.1 Å². The van der Waals surface area contributed by atoms with Crippen LogP contribution in [-0.4, -0.2) is 45.6 Å². The first kappa shape index (κ1) is 20.7. The lowest BCUT2D eigenvalue weighted by atomic mass is 9.99. The first-order valence-corrected chi connectivity index (χ1v) is 12.0. The standard InChI is InChI=1S/C21H21N3O4S2/c1-4-27-21(26)16-15(18(28-23-16)12-5-6-12)17(25)13-7-8-14(24-10-9-22-11-24)20(30-3)19(13)29-2/h7-12H,4-6H2,1-3H3. The topological polar surface area (TPSA) is 87.2 Å². The van der Waals surface area contributed by atoms with Gasteiger partial charge in [-0.2, -0.15) is 0 Å². The van der Waals surface area contributed by atoms with Gasteiger partial charge in [0.2, 0.25) is 5.69 Å². The Bertz CT molecular complexity index is 1090. The predicted molar refractivity (Wildman–Crippen MR) is 115 cm³/mol. The van der Waals surface area contributed by atoms with Gasteiger partial charge >= 0.3 is 5.97 Å². The molecule has 1 aromatic carbocycles. The predicted octanol–water partition coefficient (Wildman–Crippen LogP) is 4.59. The molecule has 1 fully saturated rings. The van der Waals surface area contributed by atoms with Crippen LogP contribution in [0.2, 0.25) is 0 Å². The molecule has 0 spiro atoms. The molecule has 1 aliphatic rings. The molecule has 0 amide bonds. The zero-order chi connectivity index (χ0) is 21.3. The van der Waals surface area contributed by atoms with Crippen LogP contribution in [0.1, 0.15) is 57.9 Å². The average Bonchev–Trinajstić information content (AvgIpc) is 3.27. The van der Waals surface area contributed by atoms with Crippen LogP contribution in [-0.2, 0) is 4.74 Å². The number of imidazole rings is 1. The number of carbonyl (C=O) groups excluding carboxylic acids is 2. The lowest BCUT2D eigenvalue weighted by Crippen LogP contribution is -2.14. The van der Waals surface area contributed by atoms with E-state index in [1.165, 1.54) is 11.8 Å². The highest BCUT2D eigenvalue weighted by Crippen LogP contribution is 2.44. The molecule has 0 radical (unpaired) electrons. The fourth-order valence-corrected chi connectivity index (χ4v) is 5.20. The number of thioether (sulfide) groups is 2. The Morgan fingerprint density at radius 3 is 2.60 bits per heavy atom. The average molecular weight is 444 g/mol. The molecule has 1 aliphatic carbocycles. The van der Waals surface area contributed by atoms with Gasteiger partial charge in [0.15, 0.2) is 11.5 Å². The number of benzene rings is 1. The minimum atomic E-state index is -0.637. The molecule has 7 nitrogen and oxygen atoms in total. The maximum atomic E-state index is 13.7. The number of aromatic nitrogens is 3. The molecule has 0 saturated heterocycles. The molecule has 9 heteroatoms. The smallest absolute Gasteiger partial charge is 0.361 e. The Hall–Kier alpha value is -2.52. The van der Waals surface area contributed by atoms with Crippen LogP contribution < -0.4 is 0 Å². The van der Waals surface area contributed by atoms with E-state index >= 15 is 0 Å². The molecule has 30 heavy (non-hydrogen) atoms. The van der Waals surface area contributed by atoms with Gasteiger partial charge in [-0.25, -0.2) is 9.78 Å². The van der Waals surface area contributed by atoms with Crippen LogP contribution in [0.15, 0.2) is 45.2 Å². The third kappa shape index (κ3) is 3.67. The number of hydrogen-bond acceptors (Lipinski definition) is 8. The molecule has 2 aromatic heterocycles. The molecule has 4 rings (SSSR count). The summed E-state index contributed by atoms with van der Waals surface area (Å²) in [6.07, 6.45) is 11.1.